The van der Waals surface area contributed by atoms with Gasteiger partial charge in [-0.1, -0.05) is 336 Å². The summed E-state index contributed by atoms with van der Waals surface area (Å²) in [5.74, 6) is -1.93. The minimum atomic E-state index is -1.69. The smallest absolute Gasteiger partial charge is 0.306 e. The van der Waals surface area contributed by atoms with Crippen LogP contribution >= 0.6 is 0 Å². The van der Waals surface area contributed by atoms with E-state index in [-0.39, 0.29) is 32.3 Å². The van der Waals surface area contributed by atoms with E-state index in [1.54, 1.807) is 0 Å². The number of aliphatic hydroxyl groups excluding tert-OH is 1. The van der Waals surface area contributed by atoms with Crippen molar-refractivity contribution in [3.05, 3.63) is 0 Å². The lowest BCUT2D eigenvalue weighted by Crippen LogP contribution is -2.62. The highest BCUT2D eigenvalue weighted by atomic mass is 16.7. The Morgan fingerprint density at radius 2 is 0.475 bits per heavy atom. The van der Waals surface area contributed by atoms with E-state index >= 15 is 0 Å². The van der Waals surface area contributed by atoms with Gasteiger partial charge in [-0.3, -0.25) is 19.2 Å². The van der Waals surface area contributed by atoms with Crippen molar-refractivity contribution in [2.75, 3.05) is 6.61 Å². The van der Waals surface area contributed by atoms with Gasteiger partial charge < -0.3 is 28.8 Å². The van der Waals surface area contributed by atoms with E-state index in [9.17, 15) is 24.3 Å². The lowest BCUT2D eigenvalue weighted by Gasteiger charge is -2.43. The molecular weight excluding hydrogens is 1000 g/mol. The first-order valence-electron chi connectivity index (χ1n) is 35.3. The van der Waals surface area contributed by atoms with Crippen LogP contribution in [0.4, 0.5) is 0 Å². The van der Waals surface area contributed by atoms with E-state index in [1.807, 2.05) is 0 Å². The highest BCUT2D eigenvalue weighted by molar-refractivity contribution is 5.72. The maximum absolute atomic E-state index is 13.8. The summed E-state index contributed by atoms with van der Waals surface area (Å²) in [7, 11) is 0. The fourth-order valence-electron chi connectivity index (χ4n) is 11.5. The first kappa shape index (κ1) is 75.8. The molecule has 1 fully saturated rings. The van der Waals surface area contributed by atoms with Gasteiger partial charge in [0.2, 0.25) is 0 Å². The predicted molar refractivity (Wildman–Crippen MR) is 333 cm³/mol. The Balaban J connectivity index is 2.96. The van der Waals surface area contributed by atoms with Crippen LogP contribution in [0.3, 0.4) is 0 Å². The summed E-state index contributed by atoms with van der Waals surface area (Å²) in [6, 6.07) is 0. The lowest BCUT2D eigenvalue weighted by molar-refractivity contribution is -0.297. The van der Waals surface area contributed by atoms with Crippen LogP contribution in [0.15, 0.2) is 0 Å². The topological polar surface area (TPSA) is 135 Å². The van der Waals surface area contributed by atoms with Gasteiger partial charge in [0.25, 0.3) is 0 Å². The molecule has 0 bridgehead atoms. The molecule has 1 rings (SSSR count). The van der Waals surface area contributed by atoms with Crippen molar-refractivity contribution < 1.29 is 48.0 Å². The first-order valence-corrected chi connectivity index (χ1v) is 35.3. The normalized spacial score (nSPS) is 17.2. The number of hydrogen-bond donors (Lipinski definition) is 1. The summed E-state index contributed by atoms with van der Waals surface area (Å²) in [4.78, 5) is 54.2. The van der Waals surface area contributed by atoms with Crippen molar-refractivity contribution in [3.8, 4) is 0 Å². The Labute approximate surface area is 494 Å². The molecule has 1 heterocycles. The van der Waals surface area contributed by atoms with Crippen LogP contribution in [0.25, 0.3) is 0 Å². The Morgan fingerprint density at radius 1 is 0.275 bits per heavy atom. The Kier molecular flexibility index (Phi) is 55.5. The monoisotopic (exact) mass is 1130 g/mol. The van der Waals surface area contributed by atoms with Gasteiger partial charge in [-0.05, 0) is 25.7 Å². The molecule has 0 aromatic carbocycles. The molecule has 1 saturated heterocycles. The van der Waals surface area contributed by atoms with Crippen LogP contribution in [0, 0.1) is 0 Å². The van der Waals surface area contributed by atoms with E-state index < -0.39 is 54.6 Å². The zero-order chi connectivity index (χ0) is 58.0. The molecule has 0 aliphatic carbocycles. The van der Waals surface area contributed by atoms with Crippen molar-refractivity contribution in [2.45, 2.75) is 418 Å². The highest BCUT2D eigenvalue weighted by Crippen LogP contribution is 2.30. The Bertz CT molecular complexity index is 1370. The third-order valence-electron chi connectivity index (χ3n) is 16.8. The quantitative estimate of drug-likeness (QED) is 0.0356. The van der Waals surface area contributed by atoms with Crippen LogP contribution in [0.1, 0.15) is 387 Å². The van der Waals surface area contributed by atoms with Crippen molar-refractivity contribution in [1.82, 2.24) is 0 Å². The van der Waals surface area contributed by atoms with E-state index in [0.717, 1.165) is 77.0 Å². The average Bonchev–Trinajstić information content (AvgIpc) is 3.44. The zero-order valence-corrected chi connectivity index (χ0v) is 53.3. The van der Waals surface area contributed by atoms with Gasteiger partial charge in [-0.25, -0.2) is 0 Å². The lowest BCUT2D eigenvalue weighted by atomic mass is 9.97. The van der Waals surface area contributed by atoms with Crippen LogP contribution in [0.2, 0.25) is 0 Å². The van der Waals surface area contributed by atoms with Crippen LogP contribution in [-0.2, 0) is 42.9 Å². The largest absolute Gasteiger partial charge is 0.463 e. The number of ether oxygens (including phenoxy) is 5. The predicted octanol–water partition coefficient (Wildman–Crippen LogP) is 20.9. The van der Waals surface area contributed by atoms with Gasteiger partial charge in [-0.15, -0.1) is 0 Å². The van der Waals surface area contributed by atoms with Gasteiger partial charge in [0.05, 0.1) is 0 Å². The maximum atomic E-state index is 13.8. The van der Waals surface area contributed by atoms with E-state index in [4.69, 9.17) is 23.7 Å². The van der Waals surface area contributed by atoms with E-state index in [2.05, 4.69) is 27.7 Å². The van der Waals surface area contributed by atoms with Crippen molar-refractivity contribution in [3.63, 3.8) is 0 Å². The molecule has 0 amide bonds. The number of carbonyl (C=O) groups excluding carboxylic acids is 4. The van der Waals surface area contributed by atoms with Gasteiger partial charge in [-0.2, -0.15) is 0 Å². The zero-order valence-electron chi connectivity index (χ0n) is 53.3. The summed E-state index contributed by atoms with van der Waals surface area (Å²) in [6.07, 6.45) is 55.6. The van der Waals surface area contributed by atoms with Gasteiger partial charge in [0.1, 0.15) is 12.7 Å². The third kappa shape index (κ3) is 47.2. The first-order chi connectivity index (χ1) is 39.3. The van der Waals surface area contributed by atoms with Gasteiger partial charge in [0.15, 0.2) is 24.6 Å². The molecule has 1 aliphatic heterocycles. The molecule has 0 radical (unpaired) electrons. The highest BCUT2D eigenvalue weighted by Gasteiger charge is 2.52. The standard InChI is InChI=1S/C70H132O10/c1-5-9-13-17-21-25-29-33-37-41-45-49-53-57-63(71)76-61-62-67(78-64(72)58-54-50-46-42-38-34-30-26-22-18-14-10-6-2)68(79-65(73)59-55-51-47-43-39-35-31-27-23-19-15-11-7-3)69(70(75)77-62)80-66(74)60-56-52-48-44-40-36-32-28-24-20-16-12-8-4/h62,67-70,75H,5-61H2,1-4H3/t62-,67-,68+,69+,70-/m1/s1. The van der Waals surface area contributed by atoms with Crippen molar-refractivity contribution >= 4 is 23.9 Å². The number of carbonyl (C=O) groups is 4. The molecule has 1 N–H and O–H groups in total. The minimum Gasteiger partial charge on any atom is -0.463 e. The number of unbranched alkanes of at least 4 members (excludes halogenated alkanes) is 48. The molecule has 0 unspecified atom stereocenters. The molecule has 10 heteroatoms. The van der Waals surface area contributed by atoms with E-state index in [0.29, 0.717) is 25.7 Å². The molecule has 1 aliphatic rings. The minimum absolute atomic E-state index is 0.142. The number of hydrogen-bond acceptors (Lipinski definition) is 10. The Morgan fingerprint density at radius 3 is 0.725 bits per heavy atom. The molecule has 0 aromatic heterocycles. The van der Waals surface area contributed by atoms with Crippen molar-refractivity contribution in [1.29, 1.82) is 0 Å². The number of rotatable bonds is 61. The third-order valence-corrected chi connectivity index (χ3v) is 16.8. The summed E-state index contributed by atoms with van der Waals surface area (Å²) < 4.78 is 30.1. The molecule has 0 aromatic rings. The molecule has 472 valence electrons. The molecular formula is C70H132O10. The maximum Gasteiger partial charge on any atom is 0.306 e. The van der Waals surface area contributed by atoms with Crippen molar-refractivity contribution in [2.24, 2.45) is 0 Å². The van der Waals surface area contributed by atoms with Crippen LogP contribution in [-0.4, -0.2) is 66.3 Å². The number of aliphatic hydroxyl groups is 1. The molecule has 10 nitrogen and oxygen atoms in total. The summed E-state index contributed by atoms with van der Waals surface area (Å²) in [5, 5.41) is 11.6. The summed E-state index contributed by atoms with van der Waals surface area (Å²) in [5.41, 5.74) is 0. The average molecular weight is 1130 g/mol. The van der Waals surface area contributed by atoms with Crippen LogP contribution < -0.4 is 0 Å². The summed E-state index contributed by atoms with van der Waals surface area (Å²) >= 11 is 0. The van der Waals surface area contributed by atoms with Crippen LogP contribution in [0.5, 0.6) is 0 Å². The second-order valence-corrected chi connectivity index (χ2v) is 24.6. The fraction of sp³-hybridized carbons (Fsp3) is 0.943. The van der Waals surface area contributed by atoms with E-state index in [1.165, 1.54) is 231 Å². The molecule has 80 heavy (non-hydrogen) atoms. The number of esters is 4. The molecule has 5 atom stereocenters. The molecule has 0 saturated carbocycles. The molecule has 0 spiro atoms. The summed E-state index contributed by atoms with van der Waals surface area (Å²) in [6.45, 7) is 8.71. The van der Waals surface area contributed by atoms with Gasteiger partial charge >= 0.3 is 23.9 Å². The second-order valence-electron chi connectivity index (χ2n) is 24.6. The van der Waals surface area contributed by atoms with Gasteiger partial charge in [0, 0.05) is 25.7 Å². The fourth-order valence-corrected chi connectivity index (χ4v) is 11.5. The SMILES string of the molecule is CCCCCCCCCCCCCCCC(=O)OC[C@H]1O[C@@H](O)[C@@H](OC(=O)CCCCCCCCCCCCCCC)[C@@H](OC(=O)CCCCCCCCCCCCCCC)[C@@H]1OC(=O)CCCCCCCCCCCCCCC. The Hall–Kier alpha value is -2.20. The second kappa shape index (κ2) is 58.6.